The maximum Gasteiger partial charge on any atom is 0.161 e. The monoisotopic (exact) mass is 297 g/mol. The zero-order valence-corrected chi connectivity index (χ0v) is 13.5. The third-order valence-electron chi connectivity index (χ3n) is 4.57. The summed E-state index contributed by atoms with van der Waals surface area (Å²) in [5.74, 6) is 1.64. The number of benzene rings is 2. The van der Waals surface area contributed by atoms with Crippen molar-refractivity contribution in [3.8, 4) is 11.5 Å². The van der Waals surface area contributed by atoms with Crippen molar-refractivity contribution in [1.82, 2.24) is 4.90 Å². The van der Waals surface area contributed by atoms with E-state index in [1.165, 1.54) is 16.7 Å². The number of methoxy groups -OCH3 is 2. The summed E-state index contributed by atoms with van der Waals surface area (Å²) in [6.45, 7) is 1.04. The molecule has 1 heterocycles. The van der Waals surface area contributed by atoms with Crippen molar-refractivity contribution >= 4 is 0 Å². The number of hydrogen-bond acceptors (Lipinski definition) is 3. The highest BCUT2D eigenvalue weighted by molar-refractivity contribution is 5.48. The van der Waals surface area contributed by atoms with Gasteiger partial charge in [-0.3, -0.25) is 4.90 Å². The van der Waals surface area contributed by atoms with Crippen LogP contribution in [0.3, 0.4) is 0 Å². The molecule has 1 aliphatic heterocycles. The Morgan fingerprint density at radius 2 is 1.59 bits per heavy atom. The van der Waals surface area contributed by atoms with Gasteiger partial charge < -0.3 is 9.47 Å². The van der Waals surface area contributed by atoms with Crippen LogP contribution >= 0.6 is 0 Å². The summed E-state index contributed by atoms with van der Waals surface area (Å²) >= 11 is 0. The smallest absolute Gasteiger partial charge is 0.161 e. The lowest BCUT2D eigenvalue weighted by molar-refractivity contribution is 0.254. The average Bonchev–Trinajstić information content (AvgIpc) is 2.73. The van der Waals surface area contributed by atoms with Crippen LogP contribution in [-0.2, 0) is 12.8 Å². The summed E-state index contributed by atoms with van der Waals surface area (Å²) in [5.41, 5.74) is 4.09. The van der Waals surface area contributed by atoms with Crippen molar-refractivity contribution < 1.29 is 9.47 Å². The SMILES string of the molecule is COc1cc2c(cc1OC)CC(c1ccccc1)N(C)CC2. The van der Waals surface area contributed by atoms with Gasteiger partial charge in [0.15, 0.2) is 11.5 Å². The molecular formula is C19H23NO2. The van der Waals surface area contributed by atoms with Gasteiger partial charge in [-0.1, -0.05) is 30.3 Å². The minimum absolute atomic E-state index is 0.403. The maximum atomic E-state index is 5.47. The molecule has 1 unspecified atom stereocenters. The molecule has 2 aromatic rings. The number of ether oxygens (including phenoxy) is 2. The van der Waals surface area contributed by atoms with Gasteiger partial charge >= 0.3 is 0 Å². The predicted molar refractivity (Wildman–Crippen MR) is 88.8 cm³/mol. The molecule has 22 heavy (non-hydrogen) atoms. The molecule has 3 nitrogen and oxygen atoms in total. The molecule has 3 rings (SSSR count). The molecular weight excluding hydrogens is 274 g/mol. The van der Waals surface area contributed by atoms with Crippen molar-refractivity contribution in [2.24, 2.45) is 0 Å². The van der Waals surface area contributed by atoms with Crippen molar-refractivity contribution in [3.63, 3.8) is 0 Å². The number of fused-ring (bicyclic) bond motifs is 1. The molecule has 0 saturated carbocycles. The molecule has 0 amide bonds. The predicted octanol–water partition coefficient (Wildman–Crippen LogP) is 3.48. The van der Waals surface area contributed by atoms with Gasteiger partial charge in [0.05, 0.1) is 14.2 Å². The fourth-order valence-electron chi connectivity index (χ4n) is 3.25. The molecule has 2 aromatic carbocycles. The van der Waals surface area contributed by atoms with E-state index in [0.29, 0.717) is 6.04 Å². The van der Waals surface area contributed by atoms with Crippen LogP contribution in [-0.4, -0.2) is 32.7 Å². The first-order valence-electron chi connectivity index (χ1n) is 7.72. The van der Waals surface area contributed by atoms with Crippen LogP contribution in [0.25, 0.3) is 0 Å². The lowest BCUT2D eigenvalue weighted by Gasteiger charge is -2.26. The summed E-state index contributed by atoms with van der Waals surface area (Å²) in [7, 11) is 5.60. The van der Waals surface area contributed by atoms with Gasteiger partial charge in [-0.05, 0) is 48.7 Å². The van der Waals surface area contributed by atoms with Crippen molar-refractivity contribution in [3.05, 3.63) is 59.2 Å². The lowest BCUT2D eigenvalue weighted by Crippen LogP contribution is -2.26. The number of nitrogens with zero attached hydrogens (tertiary/aromatic N) is 1. The highest BCUT2D eigenvalue weighted by Gasteiger charge is 2.24. The van der Waals surface area contributed by atoms with Gasteiger partial charge in [-0.2, -0.15) is 0 Å². The van der Waals surface area contributed by atoms with Crippen LogP contribution in [0.2, 0.25) is 0 Å². The molecule has 0 fully saturated rings. The highest BCUT2D eigenvalue weighted by atomic mass is 16.5. The Morgan fingerprint density at radius 1 is 0.955 bits per heavy atom. The summed E-state index contributed by atoms with van der Waals surface area (Å²) in [5, 5.41) is 0. The van der Waals surface area contributed by atoms with Crippen molar-refractivity contribution in [2.45, 2.75) is 18.9 Å². The Balaban J connectivity index is 1.99. The molecule has 116 valence electrons. The molecule has 0 saturated heterocycles. The summed E-state index contributed by atoms with van der Waals surface area (Å²) < 4.78 is 10.9. The van der Waals surface area contributed by atoms with Gasteiger partial charge in [0.25, 0.3) is 0 Å². The Hall–Kier alpha value is -2.00. The third-order valence-corrected chi connectivity index (χ3v) is 4.57. The van der Waals surface area contributed by atoms with Crippen LogP contribution in [0.4, 0.5) is 0 Å². The van der Waals surface area contributed by atoms with Gasteiger partial charge in [-0.25, -0.2) is 0 Å². The minimum atomic E-state index is 0.403. The molecule has 0 spiro atoms. The van der Waals surface area contributed by atoms with E-state index in [1.807, 2.05) is 0 Å². The second kappa shape index (κ2) is 6.41. The van der Waals surface area contributed by atoms with E-state index in [-0.39, 0.29) is 0 Å². The number of likely N-dealkylation sites (N-methyl/N-ethyl adjacent to an activating group) is 1. The zero-order valence-electron chi connectivity index (χ0n) is 13.5. The van der Waals surface area contributed by atoms with E-state index in [9.17, 15) is 0 Å². The molecule has 1 aliphatic rings. The average molecular weight is 297 g/mol. The van der Waals surface area contributed by atoms with Crippen molar-refractivity contribution in [1.29, 1.82) is 0 Å². The van der Waals surface area contributed by atoms with E-state index in [2.05, 4.69) is 54.4 Å². The van der Waals surface area contributed by atoms with E-state index < -0.39 is 0 Å². The molecule has 0 radical (unpaired) electrons. The van der Waals surface area contributed by atoms with Gasteiger partial charge in [0, 0.05) is 12.6 Å². The second-order valence-electron chi connectivity index (χ2n) is 5.84. The fraction of sp³-hybridized carbons (Fsp3) is 0.368. The maximum absolute atomic E-state index is 5.47. The lowest BCUT2D eigenvalue weighted by atomic mass is 9.95. The minimum Gasteiger partial charge on any atom is -0.493 e. The summed E-state index contributed by atoms with van der Waals surface area (Å²) in [6.07, 6.45) is 2.03. The van der Waals surface area contributed by atoms with Crippen LogP contribution < -0.4 is 9.47 Å². The first kappa shape index (κ1) is 14.9. The van der Waals surface area contributed by atoms with E-state index >= 15 is 0 Å². The van der Waals surface area contributed by atoms with Crippen LogP contribution in [0.5, 0.6) is 11.5 Å². The van der Waals surface area contributed by atoms with Crippen molar-refractivity contribution in [2.75, 3.05) is 27.8 Å². The largest absolute Gasteiger partial charge is 0.493 e. The van der Waals surface area contributed by atoms with Crippen LogP contribution in [0, 0.1) is 0 Å². The van der Waals surface area contributed by atoms with Gasteiger partial charge in [0.2, 0.25) is 0 Å². The Labute approximate surface area is 132 Å². The fourth-order valence-corrected chi connectivity index (χ4v) is 3.25. The van der Waals surface area contributed by atoms with E-state index in [1.54, 1.807) is 14.2 Å². The Bertz CT molecular complexity index is 639. The zero-order chi connectivity index (χ0) is 15.5. The quantitative estimate of drug-likeness (QED) is 0.866. The third kappa shape index (κ3) is 2.81. The molecule has 1 atom stereocenters. The normalized spacial score (nSPS) is 18.4. The van der Waals surface area contributed by atoms with Crippen LogP contribution in [0.15, 0.2) is 42.5 Å². The Kier molecular flexibility index (Phi) is 4.34. The van der Waals surface area contributed by atoms with Gasteiger partial charge in [-0.15, -0.1) is 0 Å². The summed E-state index contributed by atoms with van der Waals surface area (Å²) in [6, 6.07) is 15.4. The number of hydrogen-bond donors (Lipinski definition) is 0. The second-order valence-corrected chi connectivity index (χ2v) is 5.84. The molecule has 3 heteroatoms. The highest BCUT2D eigenvalue weighted by Crippen LogP contribution is 2.36. The first-order valence-corrected chi connectivity index (χ1v) is 7.72. The Morgan fingerprint density at radius 3 is 2.23 bits per heavy atom. The molecule has 0 aliphatic carbocycles. The first-order chi connectivity index (χ1) is 10.7. The molecule has 0 aromatic heterocycles. The van der Waals surface area contributed by atoms with E-state index in [0.717, 1.165) is 30.9 Å². The van der Waals surface area contributed by atoms with E-state index in [4.69, 9.17) is 9.47 Å². The molecule has 0 N–H and O–H groups in total. The van der Waals surface area contributed by atoms with Crippen LogP contribution in [0.1, 0.15) is 22.7 Å². The summed E-state index contributed by atoms with van der Waals surface area (Å²) in [4.78, 5) is 2.44. The van der Waals surface area contributed by atoms with Gasteiger partial charge in [0.1, 0.15) is 0 Å². The number of rotatable bonds is 3. The topological polar surface area (TPSA) is 21.7 Å². The molecule has 0 bridgehead atoms. The standard InChI is InChI=1S/C19H23NO2/c1-20-10-9-15-12-18(21-2)19(22-3)13-16(15)11-17(20)14-7-5-4-6-8-14/h4-8,12-13,17H,9-11H2,1-3H3.